The maximum Gasteiger partial charge on any atom is 0.387 e. The van der Waals surface area contributed by atoms with Crippen LogP contribution in [0, 0.1) is 5.92 Å². The first-order valence-electron chi connectivity index (χ1n) is 5.65. The van der Waals surface area contributed by atoms with Crippen LogP contribution in [0.3, 0.4) is 0 Å². The number of nitrogens with two attached hydrogens (primary N) is 1. The van der Waals surface area contributed by atoms with E-state index in [4.69, 9.17) is 5.73 Å². The smallest absolute Gasteiger partial charge is 0.387 e. The summed E-state index contributed by atoms with van der Waals surface area (Å²) in [5.41, 5.74) is 5.81. The highest BCUT2D eigenvalue weighted by atomic mass is 19.3. The van der Waals surface area contributed by atoms with Crippen molar-refractivity contribution in [2.75, 3.05) is 0 Å². The van der Waals surface area contributed by atoms with Crippen LogP contribution >= 0.6 is 0 Å². The number of alkyl halides is 2. The van der Waals surface area contributed by atoms with Gasteiger partial charge in [0.25, 0.3) is 0 Å². The van der Waals surface area contributed by atoms with Crippen molar-refractivity contribution < 1.29 is 13.5 Å². The van der Waals surface area contributed by atoms with Crippen LogP contribution in [0.1, 0.15) is 25.1 Å². The lowest BCUT2D eigenvalue weighted by molar-refractivity contribution is -0.0503. The fourth-order valence-corrected chi connectivity index (χ4v) is 2.17. The number of ether oxygens (including phenoxy) is 1. The Morgan fingerprint density at radius 3 is 2.59 bits per heavy atom. The van der Waals surface area contributed by atoms with Crippen LogP contribution < -0.4 is 10.5 Å². The van der Waals surface area contributed by atoms with Gasteiger partial charge in [0, 0.05) is 12.5 Å². The van der Waals surface area contributed by atoms with Gasteiger partial charge in [-0.3, -0.25) is 0 Å². The van der Waals surface area contributed by atoms with E-state index in [1.165, 1.54) is 12.4 Å². The quantitative estimate of drug-likeness (QED) is 0.875. The molecule has 94 valence electrons. The second-order valence-corrected chi connectivity index (χ2v) is 4.36. The molecule has 0 amide bonds. The van der Waals surface area contributed by atoms with E-state index in [1.54, 1.807) is 0 Å². The van der Waals surface area contributed by atoms with Gasteiger partial charge < -0.3 is 10.5 Å². The predicted octanol–water partition coefficient (Wildman–Crippen LogP) is 1.75. The lowest BCUT2D eigenvalue weighted by Crippen LogP contribution is -2.15. The molecule has 17 heavy (non-hydrogen) atoms. The van der Waals surface area contributed by atoms with Gasteiger partial charge in [-0.05, 0) is 25.2 Å². The summed E-state index contributed by atoms with van der Waals surface area (Å²) in [5.74, 6) is 1.16. The van der Waals surface area contributed by atoms with Gasteiger partial charge in [-0.15, -0.1) is 0 Å². The first-order chi connectivity index (χ1) is 8.13. The van der Waals surface area contributed by atoms with E-state index < -0.39 is 6.61 Å². The van der Waals surface area contributed by atoms with Crippen molar-refractivity contribution >= 4 is 0 Å². The zero-order chi connectivity index (χ0) is 12.3. The number of halogens is 2. The lowest BCUT2D eigenvalue weighted by Gasteiger charge is -2.08. The Morgan fingerprint density at radius 1 is 1.35 bits per heavy atom. The minimum Gasteiger partial charge on any atom is -0.432 e. The Kier molecular flexibility index (Phi) is 3.83. The monoisotopic (exact) mass is 243 g/mol. The fraction of sp³-hybridized carbons (Fsp3) is 0.636. The van der Waals surface area contributed by atoms with Crippen molar-refractivity contribution in [3.63, 3.8) is 0 Å². The summed E-state index contributed by atoms with van der Waals surface area (Å²) in [4.78, 5) is 8.02. The molecule has 0 spiro atoms. The lowest BCUT2D eigenvalue weighted by atomic mass is 10.0. The fourth-order valence-electron chi connectivity index (χ4n) is 2.17. The third-order valence-corrected chi connectivity index (χ3v) is 2.96. The van der Waals surface area contributed by atoms with Crippen molar-refractivity contribution in [1.29, 1.82) is 0 Å². The van der Waals surface area contributed by atoms with Crippen molar-refractivity contribution in [2.24, 2.45) is 11.7 Å². The molecule has 1 fully saturated rings. The molecule has 0 aromatic carbocycles. The molecule has 4 nitrogen and oxygen atoms in total. The third kappa shape index (κ3) is 3.59. The Hall–Kier alpha value is -1.30. The highest BCUT2D eigenvalue weighted by Crippen LogP contribution is 2.26. The van der Waals surface area contributed by atoms with Crippen LogP contribution in [0.15, 0.2) is 12.4 Å². The highest BCUT2D eigenvalue weighted by molar-refractivity contribution is 5.12. The molecule has 2 N–H and O–H groups in total. The minimum atomic E-state index is -2.84. The standard InChI is InChI=1S/C11H15F2N3O/c12-11(13)17-9-5-15-10(16-6-9)4-7-1-2-8(14)3-7/h5-8,11H,1-4,14H2/t7-,8-/m0/s1. The molecule has 1 aromatic heterocycles. The van der Waals surface area contributed by atoms with E-state index >= 15 is 0 Å². The summed E-state index contributed by atoms with van der Waals surface area (Å²) in [6.07, 6.45) is 6.42. The molecule has 0 radical (unpaired) electrons. The van der Waals surface area contributed by atoms with Crippen molar-refractivity contribution in [3.05, 3.63) is 18.2 Å². The average Bonchev–Trinajstić information content (AvgIpc) is 2.66. The SMILES string of the molecule is N[C@H]1CC[C@H](Cc2ncc(OC(F)F)cn2)C1. The van der Waals surface area contributed by atoms with Gasteiger partial charge in [0.05, 0.1) is 12.4 Å². The molecule has 0 unspecified atom stereocenters. The van der Waals surface area contributed by atoms with Crippen LogP contribution in [0.5, 0.6) is 5.75 Å². The first-order valence-corrected chi connectivity index (χ1v) is 5.65. The third-order valence-electron chi connectivity index (χ3n) is 2.96. The molecule has 2 rings (SSSR count). The molecule has 0 saturated heterocycles. The predicted molar refractivity (Wildman–Crippen MR) is 57.7 cm³/mol. The molecule has 0 aliphatic heterocycles. The Bertz CT molecular complexity index is 358. The Balaban J connectivity index is 1.89. The van der Waals surface area contributed by atoms with E-state index in [1.807, 2.05) is 0 Å². The Labute approximate surface area is 98.2 Å². The van der Waals surface area contributed by atoms with E-state index in [9.17, 15) is 8.78 Å². The van der Waals surface area contributed by atoms with Gasteiger partial charge in [-0.25, -0.2) is 9.97 Å². The van der Waals surface area contributed by atoms with Gasteiger partial charge in [-0.2, -0.15) is 8.78 Å². The molecule has 1 heterocycles. The van der Waals surface area contributed by atoms with Crippen molar-refractivity contribution in [1.82, 2.24) is 9.97 Å². The summed E-state index contributed by atoms with van der Waals surface area (Å²) < 4.78 is 28.0. The number of hydrogen-bond acceptors (Lipinski definition) is 4. The summed E-state index contributed by atoms with van der Waals surface area (Å²) in [7, 11) is 0. The zero-order valence-corrected chi connectivity index (χ0v) is 9.35. The van der Waals surface area contributed by atoms with Gasteiger partial charge in [0.1, 0.15) is 5.82 Å². The van der Waals surface area contributed by atoms with Gasteiger partial charge >= 0.3 is 6.61 Å². The van der Waals surface area contributed by atoms with E-state index in [-0.39, 0.29) is 11.8 Å². The largest absolute Gasteiger partial charge is 0.432 e. The van der Waals surface area contributed by atoms with Crippen molar-refractivity contribution in [2.45, 2.75) is 38.3 Å². The second kappa shape index (κ2) is 5.35. The molecule has 1 aromatic rings. The van der Waals surface area contributed by atoms with Crippen LogP contribution in [-0.2, 0) is 6.42 Å². The second-order valence-electron chi connectivity index (χ2n) is 4.36. The topological polar surface area (TPSA) is 61.0 Å². The number of aromatic nitrogens is 2. The van der Waals surface area contributed by atoms with Gasteiger partial charge in [0.15, 0.2) is 5.75 Å². The van der Waals surface area contributed by atoms with Crippen LogP contribution in [0.25, 0.3) is 0 Å². The summed E-state index contributed by atoms with van der Waals surface area (Å²) >= 11 is 0. The molecule has 1 aliphatic rings. The van der Waals surface area contributed by atoms with Gasteiger partial charge in [-0.1, -0.05) is 0 Å². The molecular weight excluding hydrogens is 228 g/mol. The normalized spacial score (nSPS) is 24.2. The molecule has 6 heteroatoms. The first kappa shape index (κ1) is 12.2. The van der Waals surface area contributed by atoms with Gasteiger partial charge in [0.2, 0.25) is 0 Å². The summed E-state index contributed by atoms with van der Waals surface area (Å²) in [5, 5.41) is 0. The maximum atomic E-state index is 11.9. The average molecular weight is 243 g/mol. The molecule has 1 aliphatic carbocycles. The van der Waals surface area contributed by atoms with Crippen LogP contribution in [-0.4, -0.2) is 22.6 Å². The number of hydrogen-bond donors (Lipinski definition) is 1. The van der Waals surface area contributed by atoms with Crippen LogP contribution in [0.2, 0.25) is 0 Å². The summed E-state index contributed by atoms with van der Waals surface area (Å²) in [6, 6.07) is 0.279. The minimum absolute atomic E-state index is 0.00752. The summed E-state index contributed by atoms with van der Waals surface area (Å²) in [6.45, 7) is -2.84. The molecule has 0 bridgehead atoms. The number of nitrogens with zero attached hydrogens (tertiary/aromatic N) is 2. The number of rotatable bonds is 4. The molecule has 1 saturated carbocycles. The van der Waals surface area contributed by atoms with E-state index in [0.717, 1.165) is 25.7 Å². The van der Waals surface area contributed by atoms with Crippen molar-refractivity contribution in [3.8, 4) is 5.75 Å². The van der Waals surface area contributed by atoms with E-state index in [0.29, 0.717) is 11.7 Å². The maximum absolute atomic E-state index is 11.9. The highest BCUT2D eigenvalue weighted by Gasteiger charge is 2.22. The van der Waals surface area contributed by atoms with E-state index in [2.05, 4.69) is 14.7 Å². The molecular formula is C11H15F2N3O. The molecule has 2 atom stereocenters. The Morgan fingerprint density at radius 2 is 2.06 bits per heavy atom. The zero-order valence-electron chi connectivity index (χ0n) is 9.35. The van der Waals surface area contributed by atoms with Crippen LogP contribution in [0.4, 0.5) is 8.78 Å².